The highest BCUT2D eigenvalue weighted by molar-refractivity contribution is 8.13. The minimum Gasteiger partial charge on any atom is -0.476 e. The highest BCUT2D eigenvalue weighted by Gasteiger charge is 2.46. The van der Waals surface area contributed by atoms with Gasteiger partial charge >= 0.3 is 13.7 Å². The second-order valence-electron chi connectivity index (χ2n) is 11.0. The summed E-state index contributed by atoms with van der Waals surface area (Å²) in [7, 11) is -4.19. The highest BCUT2D eigenvalue weighted by atomic mass is 35.5. The number of rotatable bonds is 14. The summed E-state index contributed by atoms with van der Waals surface area (Å²) in [5.41, 5.74) is 5.88. The van der Waals surface area contributed by atoms with Crippen molar-refractivity contribution in [3.05, 3.63) is 6.33 Å². The van der Waals surface area contributed by atoms with E-state index in [4.69, 9.17) is 40.6 Å². The van der Waals surface area contributed by atoms with Crippen LogP contribution in [0.5, 0.6) is 5.88 Å². The fourth-order valence-corrected chi connectivity index (χ4v) is 6.54. The molecule has 0 amide bonds. The lowest BCUT2D eigenvalue weighted by Crippen LogP contribution is -2.37. The van der Waals surface area contributed by atoms with Gasteiger partial charge in [-0.25, -0.2) is 14.6 Å². The van der Waals surface area contributed by atoms with Crippen LogP contribution in [-0.4, -0.2) is 91.0 Å². The molecular formula is C25H40ClN6O9PS. The molecule has 15 nitrogen and oxygen atoms in total. The number of nitrogens with two attached hydrogens (primary N) is 1. The van der Waals surface area contributed by atoms with Crippen LogP contribution in [0, 0.1) is 5.41 Å². The molecule has 4 N–H and O–H groups in total. The van der Waals surface area contributed by atoms with Crippen molar-refractivity contribution >= 4 is 59.3 Å². The average Bonchev–Trinajstić information content (AvgIpc) is 3.45. The molecule has 6 atom stereocenters. The maximum atomic E-state index is 13.7. The average molecular weight is 667 g/mol. The minimum absolute atomic E-state index is 0.0566. The van der Waals surface area contributed by atoms with Gasteiger partial charge in [-0.3, -0.25) is 23.2 Å². The van der Waals surface area contributed by atoms with E-state index in [2.05, 4.69) is 20.0 Å². The number of nitrogen functional groups attached to an aromatic ring is 1. The van der Waals surface area contributed by atoms with Gasteiger partial charge in [-0.1, -0.05) is 32.5 Å². The van der Waals surface area contributed by atoms with E-state index >= 15 is 0 Å². The van der Waals surface area contributed by atoms with Crippen molar-refractivity contribution in [2.45, 2.75) is 84.4 Å². The van der Waals surface area contributed by atoms with E-state index in [0.29, 0.717) is 12.1 Å². The fraction of sp³-hybridized carbons (Fsp3) is 0.720. The van der Waals surface area contributed by atoms with Crippen LogP contribution in [0.4, 0.5) is 5.95 Å². The first kappa shape index (κ1) is 35.4. The smallest absolute Gasteiger partial charge is 0.406 e. The first-order valence-corrected chi connectivity index (χ1v) is 16.7. The van der Waals surface area contributed by atoms with E-state index in [-0.39, 0.29) is 35.0 Å². The van der Waals surface area contributed by atoms with Gasteiger partial charge in [0, 0.05) is 11.2 Å². The highest BCUT2D eigenvalue weighted by Crippen LogP contribution is 2.46. The fourth-order valence-electron chi connectivity index (χ4n) is 3.81. The number of esters is 1. The van der Waals surface area contributed by atoms with Crippen LogP contribution in [-0.2, 0) is 32.7 Å². The van der Waals surface area contributed by atoms with Gasteiger partial charge in [0.05, 0.1) is 32.3 Å². The molecule has 1 saturated heterocycles. The number of halogens is 1. The van der Waals surface area contributed by atoms with Gasteiger partial charge in [-0.15, -0.1) is 11.6 Å². The van der Waals surface area contributed by atoms with Gasteiger partial charge < -0.3 is 25.1 Å². The largest absolute Gasteiger partial charge is 0.476 e. The zero-order valence-electron chi connectivity index (χ0n) is 25.2. The number of alkyl halides is 1. The second-order valence-corrected chi connectivity index (χ2v) is 14.3. The molecule has 0 radical (unpaired) electrons. The Labute approximate surface area is 259 Å². The standard InChI is InChI=1S/C25H40ClN6O9PS/c1-8-37-20-17-19(29-24(27)30-20)32(12-28-17)21-16(26)18(33)15(41-21)11-39-42(36,31-14(4)22(34)40-13(2)3)38-9-10-43-23(35)25(5,6)7/h12-16,18,21,33H,8-11H2,1-7H3,(H,31,36)(H2,27,29,30)/t14-,15+,16-,18+,21+,42+/m0/s1. The number of carbonyl (C=O) groups is 2. The Bertz CT molecular complexity index is 1330. The first-order valence-electron chi connectivity index (χ1n) is 13.7. The Kier molecular flexibility index (Phi) is 12.2. The van der Waals surface area contributed by atoms with Gasteiger partial charge in [0.25, 0.3) is 0 Å². The van der Waals surface area contributed by atoms with Crippen LogP contribution in [0.25, 0.3) is 11.2 Å². The summed E-state index contributed by atoms with van der Waals surface area (Å²) in [6.07, 6.45) is -2.30. The minimum atomic E-state index is -4.19. The van der Waals surface area contributed by atoms with Crippen molar-refractivity contribution in [2.24, 2.45) is 5.41 Å². The van der Waals surface area contributed by atoms with E-state index in [1.54, 1.807) is 41.5 Å². The van der Waals surface area contributed by atoms with Gasteiger partial charge in [-0.2, -0.15) is 9.97 Å². The van der Waals surface area contributed by atoms with E-state index in [1.165, 1.54) is 17.8 Å². The van der Waals surface area contributed by atoms with Gasteiger partial charge in [0.2, 0.25) is 11.8 Å². The molecule has 3 rings (SSSR count). The number of hydrogen-bond donors (Lipinski definition) is 3. The third-order valence-electron chi connectivity index (χ3n) is 5.91. The Balaban J connectivity index is 1.74. The monoisotopic (exact) mass is 666 g/mol. The normalized spacial score (nSPS) is 22.9. The predicted molar refractivity (Wildman–Crippen MR) is 161 cm³/mol. The van der Waals surface area contributed by atoms with Crippen LogP contribution in [0.3, 0.4) is 0 Å². The number of carbonyl (C=O) groups excluding carboxylic acids is 2. The summed E-state index contributed by atoms with van der Waals surface area (Å²) in [6.45, 7) is 11.7. The van der Waals surface area contributed by atoms with E-state index in [0.717, 1.165) is 11.8 Å². The lowest BCUT2D eigenvalue weighted by Gasteiger charge is -2.25. The number of imidazole rings is 1. The molecule has 0 aliphatic carbocycles. The molecule has 3 heterocycles. The van der Waals surface area contributed by atoms with Crippen LogP contribution >= 0.6 is 31.1 Å². The van der Waals surface area contributed by atoms with Crippen LogP contribution in [0.1, 0.15) is 54.7 Å². The maximum absolute atomic E-state index is 13.7. The lowest BCUT2D eigenvalue weighted by atomic mass is 10.00. The molecule has 2 aromatic heterocycles. The molecule has 1 aliphatic rings. The number of aromatic nitrogens is 4. The first-order chi connectivity index (χ1) is 20.1. The third kappa shape index (κ3) is 9.24. The Morgan fingerprint density at radius 1 is 1.28 bits per heavy atom. The predicted octanol–water partition coefficient (Wildman–Crippen LogP) is 3.05. The Hall–Kier alpha value is -2.04. The molecule has 0 aromatic carbocycles. The number of aliphatic hydroxyl groups excluding tert-OH is 1. The van der Waals surface area contributed by atoms with Crippen molar-refractivity contribution < 1.29 is 42.5 Å². The number of ether oxygens (including phenoxy) is 3. The summed E-state index contributed by atoms with van der Waals surface area (Å²) in [6, 6.07) is -1.07. The van der Waals surface area contributed by atoms with Crippen molar-refractivity contribution in [2.75, 3.05) is 31.3 Å². The quantitative estimate of drug-likeness (QED) is 0.115. The number of hydrogen-bond acceptors (Lipinski definition) is 14. The molecule has 43 heavy (non-hydrogen) atoms. The van der Waals surface area contributed by atoms with Gasteiger partial charge in [-0.05, 0) is 27.7 Å². The number of thioether (sulfide) groups is 1. The summed E-state index contributed by atoms with van der Waals surface area (Å²) >= 11 is 7.58. The number of nitrogens with zero attached hydrogens (tertiary/aromatic N) is 4. The number of anilines is 1. The molecule has 0 spiro atoms. The molecule has 18 heteroatoms. The Morgan fingerprint density at radius 2 is 1.98 bits per heavy atom. The van der Waals surface area contributed by atoms with Gasteiger partial charge in [0.1, 0.15) is 23.6 Å². The molecule has 1 aliphatic heterocycles. The van der Waals surface area contributed by atoms with Crippen molar-refractivity contribution in [3.8, 4) is 5.88 Å². The zero-order valence-corrected chi connectivity index (χ0v) is 27.6. The number of nitrogens with one attached hydrogen (secondary N) is 1. The van der Waals surface area contributed by atoms with Gasteiger partial charge in [0.15, 0.2) is 22.5 Å². The Morgan fingerprint density at radius 3 is 2.60 bits per heavy atom. The molecule has 0 saturated carbocycles. The van der Waals surface area contributed by atoms with E-state index in [1.807, 2.05) is 0 Å². The topological polar surface area (TPSA) is 199 Å². The van der Waals surface area contributed by atoms with Crippen LogP contribution in [0.15, 0.2) is 6.33 Å². The van der Waals surface area contributed by atoms with Crippen LogP contribution < -0.4 is 15.6 Å². The zero-order chi connectivity index (χ0) is 32.1. The van der Waals surface area contributed by atoms with Crippen molar-refractivity contribution in [1.82, 2.24) is 24.6 Å². The molecule has 1 fully saturated rings. The van der Waals surface area contributed by atoms with E-state index < -0.39 is 61.7 Å². The molecule has 0 bridgehead atoms. The lowest BCUT2D eigenvalue weighted by molar-refractivity contribution is -0.149. The van der Waals surface area contributed by atoms with Crippen molar-refractivity contribution in [3.63, 3.8) is 0 Å². The number of fused-ring (bicyclic) bond motifs is 1. The summed E-state index contributed by atoms with van der Waals surface area (Å²) in [4.78, 5) is 37.2. The molecule has 0 unspecified atom stereocenters. The SMILES string of the molecule is CCOc1nc(N)nc2c1ncn2[C@@H]1O[C@H](CO[P@@](=O)(N[C@@H](C)C(=O)OC(C)C)OCCSC(=O)C(C)(C)C)[C@@H](O)[C@@H]1Cl. The van der Waals surface area contributed by atoms with E-state index in [9.17, 15) is 19.3 Å². The van der Waals surface area contributed by atoms with Crippen molar-refractivity contribution in [1.29, 1.82) is 0 Å². The van der Waals surface area contributed by atoms with Crippen LogP contribution in [0.2, 0.25) is 0 Å². The summed E-state index contributed by atoms with van der Waals surface area (Å²) in [5.74, 6) is -0.353. The third-order valence-corrected chi connectivity index (χ3v) is 9.35. The maximum Gasteiger partial charge on any atom is 0.406 e. The second kappa shape index (κ2) is 14.8. The summed E-state index contributed by atoms with van der Waals surface area (Å²) < 4.78 is 43.1. The molecule has 242 valence electrons. The summed E-state index contributed by atoms with van der Waals surface area (Å²) in [5, 5.41) is 12.4. The molecule has 2 aromatic rings. The molecular weight excluding hydrogens is 627 g/mol. The number of aliphatic hydroxyl groups is 1.